The maximum Gasteiger partial charge on any atom is 0.202 e. The second-order valence-electron chi connectivity index (χ2n) is 16.9. The lowest BCUT2D eigenvalue weighted by atomic mass is 9.74. The molecule has 56 heavy (non-hydrogen) atoms. The average molecular weight is 777 g/mol. The van der Waals surface area contributed by atoms with Gasteiger partial charge in [0.25, 0.3) is 0 Å². The van der Waals surface area contributed by atoms with Crippen LogP contribution in [0.4, 0.5) is 0 Å². The number of carbonyl (C=O) groups excluding carboxylic acids is 2. The molecule has 13 nitrogen and oxygen atoms in total. The molecule has 13 heteroatoms. The van der Waals surface area contributed by atoms with E-state index in [1.165, 1.54) is 25.1 Å². The van der Waals surface area contributed by atoms with Crippen LogP contribution < -0.4 is 16.1 Å². The molecule has 0 bridgehead atoms. The monoisotopic (exact) mass is 776 g/mol. The summed E-state index contributed by atoms with van der Waals surface area (Å²) >= 11 is 0. The number of phenolic OH excluding ortho intramolecular Hbond substituents is 1. The molecule has 3 aliphatic rings. The highest BCUT2D eigenvalue weighted by atomic mass is 16.5. The molecular formula is C43H56N2O11. The standard InChI is InChI=1S/C43H56N2O11/c1-11-12-30(47)43(10,53)31-16-27(46)32-20(6)13-25-34(40(32)56-31)39(51)35-33(38(25)50)23(28-15-26(44-18(2)3)36(48)21(7)54-28)14-24(37(35)49)29-17-42(9,45-19(4)5)41(52)22(8)55-29/h11-14,16,18-19,21-22,26,28-30,36,41,44-45,47-49,52-53H,15,17H2,1-10H3. The smallest absolute Gasteiger partial charge is 0.202 e. The molecule has 0 saturated carbocycles. The van der Waals surface area contributed by atoms with Gasteiger partial charge < -0.3 is 50.1 Å². The lowest BCUT2D eigenvalue weighted by Crippen LogP contribution is -2.62. The summed E-state index contributed by atoms with van der Waals surface area (Å²) in [5, 5.41) is 63.7. The first-order valence-electron chi connectivity index (χ1n) is 19.5. The summed E-state index contributed by atoms with van der Waals surface area (Å²) in [6.07, 6.45) is -3.09. The van der Waals surface area contributed by atoms with Crippen molar-refractivity contribution < 1.29 is 49.0 Å². The number of allylic oxidation sites excluding steroid dienone is 1. The van der Waals surface area contributed by atoms with Crippen LogP contribution in [0, 0.1) is 6.92 Å². The van der Waals surface area contributed by atoms with E-state index in [1.54, 1.807) is 33.8 Å². The molecule has 0 amide bonds. The SMILES string of the molecule is CC=CC(O)C(C)(O)c1cc(=O)c2c(C)cc3c(c2o1)C(=O)c1c(O)c(C2CC(C)(NC(C)C)C(O)C(C)O2)cc(C2CC(NC(C)C)C(O)C(C)O2)c1C3=O. The van der Waals surface area contributed by atoms with Crippen molar-refractivity contribution in [2.24, 2.45) is 0 Å². The van der Waals surface area contributed by atoms with Gasteiger partial charge in [-0.05, 0) is 77.6 Å². The molecule has 3 heterocycles. The van der Waals surface area contributed by atoms with Gasteiger partial charge in [-0.1, -0.05) is 39.8 Å². The molecule has 0 radical (unpaired) electrons. The average Bonchev–Trinajstić information content (AvgIpc) is 3.10. The minimum atomic E-state index is -2.10. The topological polar surface area (TPSA) is 208 Å². The zero-order valence-corrected chi connectivity index (χ0v) is 33.8. The lowest BCUT2D eigenvalue weighted by Gasteiger charge is -2.47. The van der Waals surface area contributed by atoms with E-state index in [2.05, 4.69) is 10.6 Å². The van der Waals surface area contributed by atoms with Gasteiger partial charge in [-0.3, -0.25) is 14.4 Å². The van der Waals surface area contributed by atoms with Crippen LogP contribution in [0.3, 0.4) is 0 Å². The number of aryl methyl sites for hydroxylation is 1. The Balaban J connectivity index is 1.63. The van der Waals surface area contributed by atoms with Crippen LogP contribution in [0.1, 0.15) is 142 Å². The van der Waals surface area contributed by atoms with Gasteiger partial charge >= 0.3 is 0 Å². The molecule has 0 spiro atoms. The van der Waals surface area contributed by atoms with E-state index in [0.717, 1.165) is 6.07 Å². The number of fused-ring (bicyclic) bond motifs is 4. The third-order valence-corrected chi connectivity index (χ3v) is 11.6. The van der Waals surface area contributed by atoms with Crippen LogP contribution in [0.2, 0.25) is 0 Å². The molecule has 10 unspecified atom stereocenters. The molecule has 6 rings (SSSR count). The van der Waals surface area contributed by atoms with Crippen LogP contribution in [-0.2, 0) is 15.1 Å². The number of ether oxygens (including phenoxy) is 2. The number of benzene rings is 2. The Morgan fingerprint density at radius 1 is 0.929 bits per heavy atom. The van der Waals surface area contributed by atoms with Crippen LogP contribution in [0.15, 0.2) is 39.6 Å². The van der Waals surface area contributed by atoms with Crippen LogP contribution in [-0.4, -0.2) is 91.3 Å². The summed E-state index contributed by atoms with van der Waals surface area (Å²) in [6, 6.07) is 3.69. The van der Waals surface area contributed by atoms with E-state index in [-0.39, 0.29) is 69.5 Å². The highest BCUT2D eigenvalue weighted by molar-refractivity contribution is 6.33. The number of hydrogen-bond acceptors (Lipinski definition) is 13. The van der Waals surface area contributed by atoms with Gasteiger partial charge in [-0.15, -0.1) is 0 Å². The fourth-order valence-electron chi connectivity index (χ4n) is 8.92. The summed E-state index contributed by atoms with van der Waals surface area (Å²) in [7, 11) is 0. The van der Waals surface area contributed by atoms with E-state index < -0.39 is 82.7 Å². The summed E-state index contributed by atoms with van der Waals surface area (Å²) in [5.74, 6) is -2.26. The number of ketones is 2. The molecule has 3 aromatic rings. The highest BCUT2D eigenvalue weighted by Crippen LogP contribution is 2.49. The molecule has 2 fully saturated rings. The molecule has 10 atom stereocenters. The molecule has 2 aliphatic heterocycles. The van der Waals surface area contributed by atoms with Gasteiger partial charge in [0.2, 0.25) is 5.78 Å². The molecule has 2 aromatic carbocycles. The number of aliphatic hydroxyl groups excluding tert-OH is 3. The van der Waals surface area contributed by atoms with E-state index >= 15 is 4.79 Å². The van der Waals surface area contributed by atoms with Gasteiger partial charge in [-0.2, -0.15) is 0 Å². The Morgan fingerprint density at radius 2 is 1.59 bits per heavy atom. The number of aromatic hydroxyl groups is 1. The summed E-state index contributed by atoms with van der Waals surface area (Å²) in [6.45, 7) is 17.7. The molecule has 1 aliphatic carbocycles. The Kier molecular flexibility index (Phi) is 11.3. The van der Waals surface area contributed by atoms with Crippen LogP contribution >= 0.6 is 0 Å². The maximum atomic E-state index is 15.1. The lowest BCUT2D eigenvalue weighted by molar-refractivity contribution is -0.154. The largest absolute Gasteiger partial charge is 0.507 e. The molecule has 304 valence electrons. The normalized spacial score (nSPS) is 29.9. The van der Waals surface area contributed by atoms with E-state index in [9.17, 15) is 35.1 Å². The Hall–Kier alpha value is -3.79. The van der Waals surface area contributed by atoms with Crippen molar-refractivity contribution in [2.75, 3.05) is 0 Å². The first kappa shape index (κ1) is 41.8. The number of hydrogen-bond donors (Lipinski definition) is 7. The predicted octanol–water partition coefficient (Wildman–Crippen LogP) is 4.27. The van der Waals surface area contributed by atoms with Crippen LogP contribution in [0.25, 0.3) is 11.0 Å². The van der Waals surface area contributed by atoms with Crippen LogP contribution in [0.5, 0.6) is 5.75 Å². The van der Waals surface area contributed by atoms with Gasteiger partial charge in [0.1, 0.15) is 28.8 Å². The minimum Gasteiger partial charge on any atom is -0.507 e. The quantitative estimate of drug-likeness (QED) is 0.119. The second-order valence-corrected chi connectivity index (χ2v) is 16.9. The summed E-state index contributed by atoms with van der Waals surface area (Å²) in [4.78, 5) is 43.8. The van der Waals surface area contributed by atoms with E-state index in [1.807, 2.05) is 34.6 Å². The predicted molar refractivity (Wildman–Crippen MR) is 209 cm³/mol. The Bertz CT molecular complexity index is 2140. The first-order chi connectivity index (χ1) is 26.1. The molecular weight excluding hydrogens is 720 g/mol. The van der Waals surface area contributed by atoms with Crippen molar-refractivity contribution in [1.29, 1.82) is 0 Å². The minimum absolute atomic E-state index is 0.000674. The number of nitrogens with one attached hydrogen (secondary N) is 2. The third kappa shape index (κ3) is 7.06. The zero-order chi connectivity index (χ0) is 41.3. The van der Waals surface area contributed by atoms with Gasteiger partial charge in [0, 0.05) is 46.4 Å². The first-order valence-corrected chi connectivity index (χ1v) is 19.5. The summed E-state index contributed by atoms with van der Waals surface area (Å²) < 4.78 is 18.9. The zero-order valence-electron chi connectivity index (χ0n) is 33.8. The third-order valence-electron chi connectivity index (χ3n) is 11.6. The van der Waals surface area contributed by atoms with Crippen molar-refractivity contribution in [3.63, 3.8) is 0 Å². The molecule has 2 saturated heterocycles. The number of rotatable bonds is 9. The van der Waals surface area contributed by atoms with E-state index in [0.29, 0.717) is 11.1 Å². The number of aliphatic hydroxyl groups is 4. The highest BCUT2D eigenvalue weighted by Gasteiger charge is 2.48. The van der Waals surface area contributed by atoms with Crippen molar-refractivity contribution in [3.8, 4) is 5.75 Å². The number of carbonyl (C=O) groups is 2. The fraction of sp³-hybridized carbons (Fsp3) is 0.558. The molecule has 7 N–H and O–H groups in total. The Morgan fingerprint density at radius 3 is 2.21 bits per heavy atom. The van der Waals surface area contributed by atoms with Gasteiger partial charge in [0.15, 0.2) is 11.2 Å². The van der Waals surface area contributed by atoms with Crippen molar-refractivity contribution in [1.82, 2.24) is 10.6 Å². The van der Waals surface area contributed by atoms with Crippen molar-refractivity contribution >= 4 is 22.5 Å². The fourth-order valence-corrected chi connectivity index (χ4v) is 8.92. The Labute approximate surface area is 326 Å². The van der Waals surface area contributed by atoms with Gasteiger partial charge in [-0.25, -0.2) is 0 Å². The second kappa shape index (κ2) is 15.2. The van der Waals surface area contributed by atoms with Crippen molar-refractivity contribution in [3.05, 3.63) is 85.3 Å². The maximum absolute atomic E-state index is 15.1. The van der Waals surface area contributed by atoms with Crippen molar-refractivity contribution in [2.45, 2.75) is 154 Å². The van der Waals surface area contributed by atoms with Gasteiger partial charge in [0.05, 0.1) is 53.1 Å². The molecule has 1 aromatic heterocycles. The summed E-state index contributed by atoms with van der Waals surface area (Å²) in [5.41, 5.74) is -3.75. The van der Waals surface area contributed by atoms with E-state index in [4.69, 9.17) is 13.9 Å². The number of phenols is 1.